The molecule has 0 N–H and O–H groups in total. The maximum Gasteiger partial charge on any atom is 0.309 e. The number of allylic oxidation sites excluding steroid dienone is 2. The van der Waals surface area contributed by atoms with Gasteiger partial charge in [-0.25, -0.2) is 0 Å². The second-order valence-corrected chi connectivity index (χ2v) is 7.03. The lowest BCUT2D eigenvalue weighted by atomic mass is 9.66. The van der Waals surface area contributed by atoms with Gasteiger partial charge in [-0.2, -0.15) is 0 Å². The third-order valence-electron chi connectivity index (χ3n) is 5.38. The summed E-state index contributed by atoms with van der Waals surface area (Å²) in [4.78, 5) is 24.4. The summed E-state index contributed by atoms with van der Waals surface area (Å²) in [6.07, 6.45) is 10.1. The molecule has 0 bridgehead atoms. The van der Waals surface area contributed by atoms with Crippen LogP contribution in [0.15, 0.2) is 12.2 Å². The number of Topliss-reactive ketones (excluding diaryl/α,β-unsaturated/α-hetero) is 1. The van der Waals surface area contributed by atoms with Gasteiger partial charge in [0.2, 0.25) is 0 Å². The first-order chi connectivity index (χ1) is 9.37. The molecule has 0 heterocycles. The van der Waals surface area contributed by atoms with E-state index in [1.807, 2.05) is 6.92 Å². The second kappa shape index (κ2) is 5.71. The van der Waals surface area contributed by atoms with E-state index in [1.165, 1.54) is 6.42 Å². The molecule has 2 rings (SSSR count). The molecule has 20 heavy (non-hydrogen) atoms. The van der Waals surface area contributed by atoms with Crippen molar-refractivity contribution in [3.05, 3.63) is 12.2 Å². The van der Waals surface area contributed by atoms with E-state index >= 15 is 0 Å². The highest BCUT2D eigenvalue weighted by molar-refractivity contribution is 5.89. The van der Waals surface area contributed by atoms with Crippen LogP contribution in [0.4, 0.5) is 0 Å². The molecule has 0 amide bonds. The van der Waals surface area contributed by atoms with Crippen molar-refractivity contribution < 1.29 is 14.3 Å². The molecular weight excluding hydrogens is 252 g/mol. The van der Waals surface area contributed by atoms with E-state index in [1.54, 1.807) is 0 Å². The zero-order valence-corrected chi connectivity index (χ0v) is 12.9. The largest absolute Gasteiger partial charge is 0.457 e. The number of carbonyl (C=O) groups is 2. The lowest BCUT2D eigenvalue weighted by molar-refractivity contribution is -0.156. The van der Waals surface area contributed by atoms with Gasteiger partial charge in [-0.05, 0) is 24.7 Å². The van der Waals surface area contributed by atoms with E-state index in [0.717, 1.165) is 32.1 Å². The van der Waals surface area contributed by atoms with Crippen molar-refractivity contribution in [2.24, 2.45) is 16.7 Å². The smallest absolute Gasteiger partial charge is 0.309 e. The topological polar surface area (TPSA) is 43.4 Å². The lowest BCUT2D eigenvalue weighted by Crippen LogP contribution is -2.41. The fourth-order valence-electron chi connectivity index (χ4n) is 3.26. The van der Waals surface area contributed by atoms with E-state index in [-0.39, 0.29) is 29.7 Å². The van der Waals surface area contributed by atoms with E-state index < -0.39 is 5.41 Å². The summed E-state index contributed by atoms with van der Waals surface area (Å²) >= 11 is 0. The minimum atomic E-state index is -0.445. The Morgan fingerprint density at radius 1 is 1.15 bits per heavy atom. The Morgan fingerprint density at radius 2 is 1.80 bits per heavy atom. The minimum absolute atomic E-state index is 0.0130. The number of ketones is 1. The first-order valence-corrected chi connectivity index (χ1v) is 7.74. The molecule has 2 aliphatic rings. The Balaban J connectivity index is 1.87. The molecule has 0 aromatic heterocycles. The summed E-state index contributed by atoms with van der Waals surface area (Å²) in [5.41, 5.74) is -0.610. The van der Waals surface area contributed by atoms with Crippen LogP contribution in [-0.2, 0) is 14.3 Å². The highest BCUT2D eigenvalue weighted by Gasteiger charge is 2.47. The lowest BCUT2D eigenvalue weighted by Gasteiger charge is -2.36. The zero-order valence-electron chi connectivity index (χ0n) is 12.9. The van der Waals surface area contributed by atoms with Crippen molar-refractivity contribution in [2.75, 3.05) is 6.61 Å². The van der Waals surface area contributed by atoms with Crippen LogP contribution in [0.25, 0.3) is 0 Å². The summed E-state index contributed by atoms with van der Waals surface area (Å²) in [5.74, 6) is -0.124. The standard InChI is InChI=1S/C17H26O3/c1-16(2)10-7-11-17(16,3)14(18)12-20-15(19)13-8-5-4-6-9-13/h7,10,13H,4-6,8-9,11-12H2,1-3H3/t17-/m1/s1. The van der Waals surface area contributed by atoms with Crippen molar-refractivity contribution in [1.82, 2.24) is 0 Å². The Bertz CT molecular complexity index is 416. The summed E-state index contributed by atoms with van der Waals surface area (Å²) in [5, 5.41) is 0. The quantitative estimate of drug-likeness (QED) is 0.582. The van der Waals surface area contributed by atoms with Gasteiger partial charge in [-0.3, -0.25) is 9.59 Å². The highest BCUT2D eigenvalue weighted by atomic mass is 16.5. The van der Waals surface area contributed by atoms with Gasteiger partial charge in [0.25, 0.3) is 0 Å². The van der Waals surface area contributed by atoms with E-state index in [0.29, 0.717) is 0 Å². The Hall–Kier alpha value is -1.12. The summed E-state index contributed by atoms with van der Waals surface area (Å²) in [6.45, 7) is 6.04. The zero-order chi connectivity index (χ0) is 14.8. The van der Waals surface area contributed by atoms with Crippen LogP contribution in [0.1, 0.15) is 59.3 Å². The van der Waals surface area contributed by atoms with Crippen molar-refractivity contribution in [3.63, 3.8) is 0 Å². The number of ether oxygens (including phenoxy) is 1. The molecule has 0 spiro atoms. The summed E-state index contributed by atoms with van der Waals surface area (Å²) < 4.78 is 5.30. The van der Waals surface area contributed by atoms with E-state index in [9.17, 15) is 9.59 Å². The number of hydrogen-bond acceptors (Lipinski definition) is 3. The van der Waals surface area contributed by atoms with Crippen LogP contribution in [0.2, 0.25) is 0 Å². The Kier molecular flexibility index (Phi) is 4.36. The van der Waals surface area contributed by atoms with Gasteiger partial charge in [0.05, 0.1) is 5.92 Å². The molecule has 0 aromatic rings. The molecule has 1 fully saturated rings. The first kappa shape index (κ1) is 15.3. The third kappa shape index (κ3) is 2.82. The van der Waals surface area contributed by atoms with Gasteiger partial charge < -0.3 is 4.74 Å². The average Bonchev–Trinajstić information content (AvgIpc) is 2.71. The number of hydrogen-bond donors (Lipinski definition) is 0. The molecule has 0 radical (unpaired) electrons. The molecular formula is C17H26O3. The number of carbonyl (C=O) groups excluding carboxylic acids is 2. The second-order valence-electron chi connectivity index (χ2n) is 7.03. The van der Waals surface area contributed by atoms with Gasteiger partial charge in [-0.15, -0.1) is 0 Å². The van der Waals surface area contributed by atoms with Gasteiger partial charge in [-0.1, -0.05) is 52.2 Å². The van der Waals surface area contributed by atoms with Crippen LogP contribution < -0.4 is 0 Å². The maximum absolute atomic E-state index is 12.5. The van der Waals surface area contributed by atoms with Crippen LogP contribution in [0, 0.1) is 16.7 Å². The normalized spacial score (nSPS) is 29.4. The SMILES string of the molecule is CC1(C)C=CC[C@]1(C)C(=O)COC(=O)C1CCCCC1. The number of esters is 1. The van der Waals surface area contributed by atoms with Crippen LogP contribution in [-0.4, -0.2) is 18.4 Å². The molecule has 3 heteroatoms. The van der Waals surface area contributed by atoms with Crippen LogP contribution >= 0.6 is 0 Å². The van der Waals surface area contributed by atoms with Gasteiger partial charge >= 0.3 is 5.97 Å². The molecule has 2 aliphatic carbocycles. The molecule has 3 nitrogen and oxygen atoms in total. The average molecular weight is 278 g/mol. The first-order valence-electron chi connectivity index (χ1n) is 7.74. The Morgan fingerprint density at radius 3 is 2.35 bits per heavy atom. The fourth-order valence-corrected chi connectivity index (χ4v) is 3.26. The molecule has 0 saturated heterocycles. The molecule has 0 unspecified atom stereocenters. The van der Waals surface area contributed by atoms with Gasteiger partial charge in [0.1, 0.15) is 0 Å². The Labute approximate surface area is 121 Å². The predicted molar refractivity (Wildman–Crippen MR) is 78.2 cm³/mol. The molecule has 0 aromatic carbocycles. The van der Waals surface area contributed by atoms with Crippen molar-refractivity contribution in [3.8, 4) is 0 Å². The van der Waals surface area contributed by atoms with Crippen LogP contribution in [0.3, 0.4) is 0 Å². The van der Waals surface area contributed by atoms with E-state index in [4.69, 9.17) is 4.74 Å². The maximum atomic E-state index is 12.5. The highest BCUT2D eigenvalue weighted by Crippen LogP contribution is 2.48. The van der Waals surface area contributed by atoms with Crippen LogP contribution in [0.5, 0.6) is 0 Å². The van der Waals surface area contributed by atoms with Crippen molar-refractivity contribution >= 4 is 11.8 Å². The minimum Gasteiger partial charge on any atom is -0.457 e. The van der Waals surface area contributed by atoms with Crippen molar-refractivity contribution in [2.45, 2.75) is 59.3 Å². The molecule has 1 atom stereocenters. The molecule has 112 valence electrons. The molecule has 1 saturated carbocycles. The summed E-state index contributed by atoms with van der Waals surface area (Å²) in [6, 6.07) is 0. The predicted octanol–water partition coefficient (Wildman–Crippen LogP) is 3.67. The van der Waals surface area contributed by atoms with Crippen molar-refractivity contribution in [1.29, 1.82) is 0 Å². The number of rotatable bonds is 4. The monoisotopic (exact) mass is 278 g/mol. The molecule has 0 aliphatic heterocycles. The summed E-state index contributed by atoms with van der Waals surface area (Å²) in [7, 11) is 0. The van der Waals surface area contributed by atoms with E-state index in [2.05, 4.69) is 26.0 Å². The van der Waals surface area contributed by atoms with Gasteiger partial charge in [0, 0.05) is 5.41 Å². The fraction of sp³-hybridized carbons (Fsp3) is 0.765. The van der Waals surface area contributed by atoms with Gasteiger partial charge in [0.15, 0.2) is 12.4 Å². The third-order valence-corrected chi connectivity index (χ3v) is 5.38.